The molecule has 6 saturated carbocycles. The van der Waals surface area contributed by atoms with Crippen molar-refractivity contribution in [2.75, 3.05) is 0 Å². The monoisotopic (exact) mass is 122 g/mol. The zero-order chi connectivity index (χ0) is 5.90. The van der Waals surface area contributed by atoms with Crippen LogP contribution in [0.25, 0.3) is 0 Å². The van der Waals surface area contributed by atoms with Crippen LogP contribution in [0, 0.1) is 17.3 Å². The summed E-state index contributed by atoms with van der Waals surface area (Å²) >= 11 is 0. The molecule has 0 aromatic rings. The second-order valence-corrected chi connectivity index (χ2v) is 4.51. The van der Waals surface area contributed by atoms with Crippen molar-refractivity contribution < 1.29 is 0 Å². The van der Waals surface area contributed by atoms with Crippen LogP contribution in [-0.4, -0.2) is 0 Å². The van der Waals surface area contributed by atoms with Crippen molar-refractivity contribution in [3.8, 4) is 0 Å². The highest BCUT2D eigenvalue weighted by Crippen LogP contribution is 2.66. The van der Waals surface area contributed by atoms with Gasteiger partial charge in [0.25, 0.3) is 0 Å². The Labute approximate surface area is 56.6 Å². The highest BCUT2D eigenvalue weighted by Gasteiger charge is 2.54. The maximum atomic E-state index is 1.62. The molecule has 1 spiro atoms. The minimum atomic E-state index is 0.930. The first kappa shape index (κ1) is 4.76. The van der Waals surface area contributed by atoms with Crippen molar-refractivity contribution in [1.29, 1.82) is 0 Å². The zero-order valence-corrected chi connectivity index (χ0v) is 5.90. The molecule has 6 rings (SSSR count). The molecule has 0 saturated heterocycles. The largest absolute Gasteiger partial charge is 0.0497 e. The van der Waals surface area contributed by atoms with E-state index in [9.17, 15) is 0 Å². The van der Waals surface area contributed by atoms with Gasteiger partial charge in [0, 0.05) is 0 Å². The normalized spacial score (nSPS) is 61.3. The fourth-order valence-electron chi connectivity index (χ4n) is 3.52. The van der Waals surface area contributed by atoms with Crippen LogP contribution in [0.4, 0.5) is 0 Å². The second kappa shape index (κ2) is 1.21. The van der Waals surface area contributed by atoms with Crippen molar-refractivity contribution in [1.82, 2.24) is 0 Å². The summed E-state index contributed by atoms with van der Waals surface area (Å²) < 4.78 is 0. The molecule has 0 N–H and O–H groups in total. The fraction of sp³-hybridized carbons (Fsp3) is 1.00. The van der Waals surface area contributed by atoms with Gasteiger partial charge < -0.3 is 0 Å². The molecule has 9 heavy (non-hydrogen) atoms. The fourth-order valence-corrected chi connectivity index (χ4v) is 3.52. The SMILES string of the molecule is C1CC23CCC1C(C2)C3. The first-order chi connectivity index (χ1) is 4.38. The summed E-state index contributed by atoms with van der Waals surface area (Å²) in [6.45, 7) is 0. The topological polar surface area (TPSA) is 0 Å². The Balaban J connectivity index is 2.00. The Bertz CT molecular complexity index is 125. The number of rotatable bonds is 0. The summed E-state index contributed by atoms with van der Waals surface area (Å²) in [4.78, 5) is 0. The summed E-state index contributed by atoms with van der Waals surface area (Å²) in [5, 5.41) is 0. The molecule has 0 amide bonds. The average Bonchev–Trinajstić information content (AvgIpc) is 1.88. The highest BCUT2D eigenvalue weighted by atomic mass is 14.6. The van der Waals surface area contributed by atoms with Crippen molar-refractivity contribution in [2.45, 2.75) is 38.5 Å². The van der Waals surface area contributed by atoms with E-state index in [1.165, 1.54) is 11.8 Å². The van der Waals surface area contributed by atoms with Gasteiger partial charge in [0.2, 0.25) is 0 Å². The van der Waals surface area contributed by atoms with Gasteiger partial charge in [0.1, 0.15) is 0 Å². The third kappa shape index (κ3) is 0.426. The van der Waals surface area contributed by atoms with Gasteiger partial charge in [-0.05, 0) is 55.8 Å². The van der Waals surface area contributed by atoms with E-state index in [0.717, 1.165) is 5.41 Å². The Morgan fingerprint density at radius 2 is 1.56 bits per heavy atom. The molecular weight excluding hydrogens is 108 g/mol. The van der Waals surface area contributed by atoms with E-state index in [4.69, 9.17) is 0 Å². The molecule has 0 aromatic carbocycles. The second-order valence-electron chi connectivity index (χ2n) is 4.51. The van der Waals surface area contributed by atoms with Crippen LogP contribution >= 0.6 is 0 Å². The van der Waals surface area contributed by atoms with Crippen molar-refractivity contribution >= 4 is 0 Å². The van der Waals surface area contributed by atoms with Crippen LogP contribution in [0.1, 0.15) is 38.5 Å². The zero-order valence-electron chi connectivity index (χ0n) is 5.90. The van der Waals surface area contributed by atoms with Gasteiger partial charge in [0.05, 0.1) is 0 Å². The Kier molecular flexibility index (Phi) is 0.640. The Morgan fingerprint density at radius 3 is 1.67 bits per heavy atom. The predicted molar refractivity (Wildman–Crippen MR) is 37.1 cm³/mol. The molecular formula is C9H14. The van der Waals surface area contributed by atoms with Crippen LogP contribution in [0.2, 0.25) is 0 Å². The Morgan fingerprint density at radius 1 is 0.889 bits per heavy atom. The van der Waals surface area contributed by atoms with Gasteiger partial charge in [-0.25, -0.2) is 0 Å². The lowest BCUT2D eigenvalue weighted by atomic mass is 9.43. The van der Waals surface area contributed by atoms with Crippen molar-refractivity contribution in [2.24, 2.45) is 17.3 Å². The van der Waals surface area contributed by atoms with E-state index in [-0.39, 0.29) is 0 Å². The third-order valence-corrected chi connectivity index (χ3v) is 4.15. The smallest absolute Gasteiger partial charge is 0.0292 e. The molecule has 0 aliphatic heterocycles. The van der Waals surface area contributed by atoms with Gasteiger partial charge in [-0.3, -0.25) is 0 Å². The molecule has 0 heteroatoms. The molecule has 6 aliphatic carbocycles. The summed E-state index contributed by atoms with van der Waals surface area (Å²) in [6.07, 6.45) is 9.60. The highest BCUT2D eigenvalue weighted by molar-refractivity contribution is 5.05. The molecule has 6 aliphatic rings. The Hall–Kier alpha value is 0. The quantitative estimate of drug-likeness (QED) is 0.463. The van der Waals surface area contributed by atoms with E-state index >= 15 is 0 Å². The van der Waals surface area contributed by atoms with Crippen LogP contribution in [0.15, 0.2) is 0 Å². The lowest BCUT2D eigenvalue weighted by Gasteiger charge is -2.62. The lowest BCUT2D eigenvalue weighted by molar-refractivity contribution is -0.109. The molecule has 6 fully saturated rings. The lowest BCUT2D eigenvalue weighted by Crippen LogP contribution is -2.51. The summed E-state index contributed by atoms with van der Waals surface area (Å²) in [6, 6.07) is 0. The molecule has 0 atom stereocenters. The maximum absolute atomic E-state index is 1.62. The first-order valence-electron chi connectivity index (χ1n) is 4.38. The molecule has 0 aromatic heterocycles. The predicted octanol–water partition coefficient (Wildman–Crippen LogP) is 2.59. The maximum Gasteiger partial charge on any atom is -0.0292 e. The van der Waals surface area contributed by atoms with Crippen LogP contribution < -0.4 is 0 Å². The van der Waals surface area contributed by atoms with Crippen molar-refractivity contribution in [3.63, 3.8) is 0 Å². The molecule has 0 nitrogen and oxygen atoms in total. The van der Waals surface area contributed by atoms with E-state index in [1.807, 2.05) is 0 Å². The summed E-state index contributed by atoms with van der Waals surface area (Å²) in [7, 11) is 0. The van der Waals surface area contributed by atoms with Gasteiger partial charge in [-0.15, -0.1) is 0 Å². The van der Waals surface area contributed by atoms with Crippen LogP contribution in [0.3, 0.4) is 0 Å². The molecule has 3 bridgehead atoms. The summed E-state index contributed by atoms with van der Waals surface area (Å²) in [5.41, 5.74) is 0.930. The molecule has 0 unspecified atom stereocenters. The first-order valence-corrected chi connectivity index (χ1v) is 4.38. The van der Waals surface area contributed by atoms with E-state index in [0.29, 0.717) is 0 Å². The number of hydrogen-bond donors (Lipinski definition) is 0. The molecule has 0 radical (unpaired) electrons. The van der Waals surface area contributed by atoms with Crippen LogP contribution in [-0.2, 0) is 0 Å². The van der Waals surface area contributed by atoms with Gasteiger partial charge >= 0.3 is 0 Å². The molecule has 0 heterocycles. The van der Waals surface area contributed by atoms with E-state index in [1.54, 1.807) is 38.5 Å². The third-order valence-electron chi connectivity index (χ3n) is 4.15. The summed E-state index contributed by atoms with van der Waals surface area (Å²) in [5.74, 6) is 2.38. The van der Waals surface area contributed by atoms with Gasteiger partial charge in [-0.1, -0.05) is 0 Å². The minimum absolute atomic E-state index is 0.930. The van der Waals surface area contributed by atoms with Crippen LogP contribution in [0.5, 0.6) is 0 Å². The van der Waals surface area contributed by atoms with Crippen molar-refractivity contribution in [3.05, 3.63) is 0 Å². The number of hydrogen-bond acceptors (Lipinski definition) is 0. The van der Waals surface area contributed by atoms with E-state index < -0.39 is 0 Å². The van der Waals surface area contributed by atoms with E-state index in [2.05, 4.69) is 0 Å². The van der Waals surface area contributed by atoms with Gasteiger partial charge in [-0.2, -0.15) is 0 Å². The molecule has 50 valence electrons. The standard InChI is InChI=1S/C9H14/c1-3-9-4-2-7(1)8(5-9)6-9/h7-8H,1-6H2. The minimum Gasteiger partial charge on any atom is -0.0497 e. The van der Waals surface area contributed by atoms with Gasteiger partial charge in [0.15, 0.2) is 0 Å². The average molecular weight is 122 g/mol.